The Hall–Kier alpha value is -3.59. The molecule has 2 aromatic rings. The van der Waals surface area contributed by atoms with E-state index in [-0.39, 0.29) is 30.2 Å². The number of hydrogen-bond donors (Lipinski definition) is 0. The average Bonchev–Trinajstić information content (AvgIpc) is 3.15. The summed E-state index contributed by atoms with van der Waals surface area (Å²) in [6.45, 7) is 3.60. The predicted molar refractivity (Wildman–Crippen MR) is 128 cm³/mol. The summed E-state index contributed by atoms with van der Waals surface area (Å²) in [7, 11) is 0. The molecule has 35 heavy (non-hydrogen) atoms. The van der Waals surface area contributed by atoms with E-state index in [4.69, 9.17) is 4.74 Å². The summed E-state index contributed by atoms with van der Waals surface area (Å²) in [6.07, 6.45) is 9.30. The molecular weight excluding hydrogens is 446 g/mol. The zero-order chi connectivity index (χ0) is 24.2. The topological polar surface area (TPSA) is 95.9 Å². The third-order valence-electron chi connectivity index (χ3n) is 6.96. The van der Waals surface area contributed by atoms with Crippen molar-refractivity contribution in [1.29, 1.82) is 0 Å². The molecule has 0 bridgehead atoms. The zero-order valence-corrected chi connectivity index (χ0v) is 19.5. The van der Waals surface area contributed by atoms with Gasteiger partial charge >= 0.3 is 5.97 Å². The summed E-state index contributed by atoms with van der Waals surface area (Å²) in [5, 5.41) is 0. The van der Waals surface area contributed by atoms with Crippen molar-refractivity contribution in [3.63, 3.8) is 0 Å². The Kier molecular flexibility index (Phi) is 6.85. The molecule has 0 radical (unpaired) electrons. The lowest BCUT2D eigenvalue weighted by Gasteiger charge is -2.37. The van der Waals surface area contributed by atoms with Gasteiger partial charge in [-0.2, -0.15) is 0 Å². The Morgan fingerprint density at radius 1 is 0.943 bits per heavy atom. The molecule has 2 saturated heterocycles. The number of fused-ring (bicyclic) bond motifs is 1. The lowest BCUT2D eigenvalue weighted by molar-refractivity contribution is -0.141. The number of hydrogen-bond acceptors (Lipinski definition) is 8. The van der Waals surface area contributed by atoms with Gasteiger partial charge in [0.1, 0.15) is 11.9 Å². The number of rotatable bonds is 7. The second kappa shape index (κ2) is 10.4. The Morgan fingerprint density at radius 3 is 2.31 bits per heavy atom. The van der Waals surface area contributed by atoms with Gasteiger partial charge < -0.3 is 9.64 Å². The van der Waals surface area contributed by atoms with Gasteiger partial charge in [-0.3, -0.25) is 24.4 Å². The highest BCUT2D eigenvalue weighted by molar-refractivity contribution is 6.05. The number of likely N-dealkylation sites (tertiary alicyclic amines) is 1. The van der Waals surface area contributed by atoms with Crippen molar-refractivity contribution in [2.45, 2.75) is 18.9 Å². The lowest BCUT2D eigenvalue weighted by Crippen LogP contribution is -2.51. The van der Waals surface area contributed by atoms with Gasteiger partial charge in [-0.1, -0.05) is 18.2 Å². The third-order valence-corrected chi connectivity index (χ3v) is 6.96. The van der Waals surface area contributed by atoms with E-state index in [0.29, 0.717) is 24.9 Å². The van der Waals surface area contributed by atoms with Gasteiger partial charge in [0.2, 0.25) is 11.8 Å². The van der Waals surface area contributed by atoms with Gasteiger partial charge in [0, 0.05) is 51.3 Å². The molecule has 4 heterocycles. The van der Waals surface area contributed by atoms with E-state index in [0.717, 1.165) is 32.0 Å². The highest BCUT2D eigenvalue weighted by Crippen LogP contribution is 2.35. The van der Waals surface area contributed by atoms with Gasteiger partial charge in [-0.05, 0) is 37.1 Å². The van der Waals surface area contributed by atoms with Crippen LogP contribution >= 0.6 is 0 Å². The van der Waals surface area contributed by atoms with E-state index in [9.17, 15) is 14.4 Å². The van der Waals surface area contributed by atoms with Crippen molar-refractivity contribution in [2.75, 3.05) is 44.2 Å². The van der Waals surface area contributed by atoms with Gasteiger partial charge in [0.15, 0.2) is 0 Å². The predicted octanol–water partition coefficient (Wildman–Crippen LogP) is 1.78. The number of pyridine rings is 2. The smallest absolute Gasteiger partial charge is 0.340 e. The molecule has 2 aromatic heterocycles. The lowest BCUT2D eigenvalue weighted by atomic mass is 9.85. The molecule has 9 heteroatoms. The number of amides is 2. The van der Waals surface area contributed by atoms with E-state index in [1.165, 1.54) is 11.1 Å². The highest BCUT2D eigenvalue weighted by atomic mass is 16.5. The summed E-state index contributed by atoms with van der Waals surface area (Å²) in [6, 6.07) is 9.18. The van der Waals surface area contributed by atoms with Crippen molar-refractivity contribution < 1.29 is 19.1 Å². The van der Waals surface area contributed by atoms with Crippen LogP contribution in [0.15, 0.2) is 61.1 Å². The number of carbonyl (C=O) groups is 3. The number of allylic oxidation sites excluding steroid dienone is 2. The van der Waals surface area contributed by atoms with Gasteiger partial charge in [0.05, 0.1) is 23.9 Å². The van der Waals surface area contributed by atoms with Gasteiger partial charge in [0.25, 0.3) is 0 Å². The third kappa shape index (κ3) is 5.09. The maximum Gasteiger partial charge on any atom is 0.340 e. The second-order valence-corrected chi connectivity index (χ2v) is 9.19. The fourth-order valence-corrected chi connectivity index (χ4v) is 5.08. The van der Waals surface area contributed by atoms with Crippen LogP contribution in [0.25, 0.3) is 0 Å². The molecular formula is C26H29N5O4. The van der Waals surface area contributed by atoms with Crippen molar-refractivity contribution in [2.24, 2.45) is 11.8 Å². The van der Waals surface area contributed by atoms with Crippen LogP contribution in [-0.4, -0.2) is 82.9 Å². The van der Waals surface area contributed by atoms with Crippen molar-refractivity contribution in [3.05, 3.63) is 66.6 Å². The normalized spacial score (nSPS) is 23.3. The van der Waals surface area contributed by atoms with E-state index >= 15 is 0 Å². The molecule has 0 spiro atoms. The van der Waals surface area contributed by atoms with E-state index in [2.05, 4.69) is 19.8 Å². The quantitative estimate of drug-likeness (QED) is 0.340. The molecule has 9 nitrogen and oxygen atoms in total. The fourth-order valence-electron chi connectivity index (χ4n) is 5.08. The molecule has 2 aliphatic heterocycles. The molecule has 5 rings (SSSR count). The Labute approximate surface area is 204 Å². The van der Waals surface area contributed by atoms with Crippen LogP contribution in [0, 0.1) is 11.8 Å². The zero-order valence-electron chi connectivity index (χ0n) is 19.5. The molecule has 182 valence electrons. The summed E-state index contributed by atoms with van der Waals surface area (Å²) < 4.78 is 5.85. The van der Waals surface area contributed by atoms with Crippen LogP contribution < -0.4 is 4.90 Å². The van der Waals surface area contributed by atoms with Gasteiger partial charge in [-0.15, -0.1) is 0 Å². The first-order valence-electron chi connectivity index (χ1n) is 12.1. The average molecular weight is 476 g/mol. The number of aromatic nitrogens is 2. The molecule has 3 unspecified atom stereocenters. The SMILES string of the molecule is O=C(OC(CN1CCN(c2ccccn2)CC1)CN1C(=O)C2CC=CCC2C1=O)c1cccnc1. The molecule has 0 aromatic carbocycles. The molecule has 3 aliphatic rings. The molecule has 0 N–H and O–H groups in total. The number of nitrogens with zero attached hydrogens (tertiary/aromatic N) is 5. The van der Waals surface area contributed by atoms with Crippen molar-refractivity contribution in [3.8, 4) is 0 Å². The van der Waals surface area contributed by atoms with Crippen LogP contribution in [0.3, 0.4) is 0 Å². The fraction of sp³-hybridized carbons (Fsp3) is 0.423. The van der Waals surface area contributed by atoms with E-state index < -0.39 is 12.1 Å². The number of anilines is 1. The first kappa shape index (κ1) is 23.2. The molecule has 2 amide bonds. The minimum Gasteiger partial charge on any atom is -0.455 e. The first-order chi connectivity index (χ1) is 17.1. The number of carbonyl (C=O) groups excluding carboxylic acids is 3. The molecule has 1 aliphatic carbocycles. The van der Waals surface area contributed by atoms with Gasteiger partial charge in [-0.25, -0.2) is 9.78 Å². The second-order valence-electron chi connectivity index (χ2n) is 9.19. The Bertz CT molecular complexity index is 1060. The minimum atomic E-state index is -0.634. The van der Waals surface area contributed by atoms with Crippen LogP contribution in [0.4, 0.5) is 5.82 Å². The first-order valence-corrected chi connectivity index (χ1v) is 12.1. The molecule has 2 fully saturated rings. The molecule has 0 saturated carbocycles. The molecule has 3 atom stereocenters. The summed E-state index contributed by atoms with van der Waals surface area (Å²) in [5.41, 5.74) is 0.342. The maximum atomic E-state index is 13.0. The monoisotopic (exact) mass is 475 g/mol. The number of esters is 1. The summed E-state index contributed by atoms with van der Waals surface area (Å²) >= 11 is 0. The van der Waals surface area contributed by atoms with Crippen LogP contribution in [0.5, 0.6) is 0 Å². The number of piperazine rings is 1. The summed E-state index contributed by atoms with van der Waals surface area (Å²) in [4.78, 5) is 53.0. The minimum absolute atomic E-state index is 0.0666. The number of ether oxygens (including phenoxy) is 1. The van der Waals surface area contributed by atoms with E-state index in [1.807, 2.05) is 30.4 Å². The van der Waals surface area contributed by atoms with E-state index in [1.54, 1.807) is 24.5 Å². The Balaban J connectivity index is 1.27. The van der Waals surface area contributed by atoms with Crippen LogP contribution in [-0.2, 0) is 14.3 Å². The maximum absolute atomic E-state index is 13.0. The highest BCUT2D eigenvalue weighted by Gasteiger charge is 2.48. The number of imide groups is 1. The Morgan fingerprint density at radius 2 is 1.69 bits per heavy atom. The van der Waals surface area contributed by atoms with Crippen molar-refractivity contribution >= 4 is 23.6 Å². The van der Waals surface area contributed by atoms with Crippen molar-refractivity contribution in [1.82, 2.24) is 19.8 Å². The standard InChI is InChI=1S/C26H29N5O4/c32-24-21-7-1-2-8-22(21)25(33)31(24)18-20(35-26(34)19-6-5-10-27-16-19)17-29-12-14-30(15-13-29)23-9-3-4-11-28-23/h1-6,9-11,16,20-22H,7-8,12-15,17-18H2. The largest absolute Gasteiger partial charge is 0.455 e. The summed E-state index contributed by atoms with van der Waals surface area (Å²) in [5.74, 6) is -0.490. The van der Waals surface area contributed by atoms with Crippen LogP contribution in [0.2, 0.25) is 0 Å². The van der Waals surface area contributed by atoms with Crippen LogP contribution in [0.1, 0.15) is 23.2 Å².